The van der Waals surface area contributed by atoms with Crippen molar-refractivity contribution in [2.75, 3.05) is 13.2 Å². The number of carbonyl (C=O) groups excluding carboxylic acids is 1. The topological polar surface area (TPSA) is 55.7 Å². The molecular weight excluding hydrogens is 410 g/mol. The van der Waals surface area contributed by atoms with Gasteiger partial charge in [0.25, 0.3) is 0 Å². The van der Waals surface area contributed by atoms with Crippen LogP contribution >= 0.6 is 0 Å². The summed E-state index contributed by atoms with van der Waals surface area (Å²) >= 11 is 0. The van der Waals surface area contributed by atoms with E-state index >= 15 is 0 Å². The van der Waals surface area contributed by atoms with Gasteiger partial charge in [0.15, 0.2) is 0 Å². The smallest absolute Gasteiger partial charge is 0.333 e. The van der Waals surface area contributed by atoms with Crippen LogP contribution < -0.4 is 0 Å². The number of ether oxygens (including phenoxy) is 1. The van der Waals surface area contributed by atoms with Gasteiger partial charge in [0.05, 0.1) is 13.2 Å². The molecule has 1 fully saturated rings. The average Bonchev–Trinajstić information content (AvgIpc) is 2.80. The summed E-state index contributed by atoms with van der Waals surface area (Å²) in [6, 6.07) is 0. The number of unbranched alkanes of at least 4 members (excludes halogenated alkanes) is 2. The summed E-state index contributed by atoms with van der Waals surface area (Å²) in [7, 11) is 0. The van der Waals surface area contributed by atoms with Crippen molar-refractivity contribution in [2.45, 2.75) is 118 Å². The van der Waals surface area contributed by atoms with Crippen LogP contribution in [0.5, 0.6) is 0 Å². The molecular formula is C29H53NO3. The van der Waals surface area contributed by atoms with Crippen LogP contribution in [0.3, 0.4) is 0 Å². The summed E-state index contributed by atoms with van der Waals surface area (Å²) < 4.78 is 5.53. The molecule has 1 saturated carbocycles. The van der Waals surface area contributed by atoms with Crippen molar-refractivity contribution in [2.24, 2.45) is 40.7 Å². The van der Waals surface area contributed by atoms with E-state index in [0.29, 0.717) is 30.6 Å². The van der Waals surface area contributed by atoms with Gasteiger partial charge in [-0.2, -0.15) is 4.91 Å². The summed E-state index contributed by atoms with van der Waals surface area (Å²) in [5, 5.41) is 3.14. The van der Waals surface area contributed by atoms with Crippen molar-refractivity contribution in [3.63, 3.8) is 0 Å². The molecule has 1 aliphatic carbocycles. The number of hydrogen-bond acceptors (Lipinski definition) is 4. The van der Waals surface area contributed by atoms with Gasteiger partial charge in [-0.3, -0.25) is 0 Å². The minimum Gasteiger partial charge on any atom is -0.462 e. The second-order valence-corrected chi connectivity index (χ2v) is 11.2. The van der Waals surface area contributed by atoms with E-state index in [1.807, 2.05) is 0 Å². The second kappa shape index (κ2) is 17.3. The first-order chi connectivity index (χ1) is 15.8. The van der Waals surface area contributed by atoms with Gasteiger partial charge in [0.2, 0.25) is 0 Å². The summed E-state index contributed by atoms with van der Waals surface area (Å²) in [6.07, 6.45) is 16.4. The lowest BCUT2D eigenvalue weighted by atomic mass is 9.72. The van der Waals surface area contributed by atoms with Crippen LogP contribution in [0.2, 0.25) is 0 Å². The molecule has 4 atom stereocenters. The maximum atomic E-state index is 11.9. The first-order valence-electron chi connectivity index (χ1n) is 13.9. The third-order valence-electron chi connectivity index (χ3n) is 8.15. The summed E-state index contributed by atoms with van der Waals surface area (Å²) in [6.45, 7) is 15.5. The summed E-state index contributed by atoms with van der Waals surface area (Å²) in [5.41, 5.74) is 0.449. The number of esters is 1. The predicted octanol–water partition coefficient (Wildman–Crippen LogP) is 8.73. The fourth-order valence-electron chi connectivity index (χ4n) is 5.63. The Morgan fingerprint density at radius 1 is 1.03 bits per heavy atom. The van der Waals surface area contributed by atoms with Crippen molar-refractivity contribution >= 4 is 5.97 Å². The van der Waals surface area contributed by atoms with Crippen molar-refractivity contribution < 1.29 is 9.53 Å². The molecule has 4 unspecified atom stereocenters. The van der Waals surface area contributed by atoms with Crippen molar-refractivity contribution in [3.05, 3.63) is 17.1 Å². The second-order valence-electron chi connectivity index (χ2n) is 11.2. The maximum absolute atomic E-state index is 11.9. The lowest BCUT2D eigenvalue weighted by molar-refractivity contribution is -0.140. The zero-order chi connectivity index (χ0) is 24.6. The van der Waals surface area contributed by atoms with E-state index in [0.717, 1.165) is 37.0 Å². The molecule has 33 heavy (non-hydrogen) atoms. The third kappa shape index (κ3) is 12.7. The normalized spacial score (nSPS) is 22.2. The van der Waals surface area contributed by atoms with Gasteiger partial charge in [-0.1, -0.05) is 97.2 Å². The lowest BCUT2D eigenvalue weighted by Crippen LogP contribution is -2.25. The SMILES string of the molecule is C=C(C)C(=O)OCC(CC1CCC(C(C)CCC(C)CCCCC)CC1)CC(CC)CN=O. The minimum atomic E-state index is -0.303. The Morgan fingerprint density at radius 3 is 2.30 bits per heavy atom. The van der Waals surface area contributed by atoms with Crippen LogP contribution in [0.25, 0.3) is 0 Å². The van der Waals surface area contributed by atoms with E-state index < -0.39 is 0 Å². The molecule has 4 nitrogen and oxygen atoms in total. The molecule has 1 rings (SSSR count). The summed E-state index contributed by atoms with van der Waals surface area (Å²) in [5.74, 6) is 3.56. The Kier molecular flexibility index (Phi) is 15.6. The highest BCUT2D eigenvalue weighted by Crippen LogP contribution is 2.39. The lowest BCUT2D eigenvalue weighted by Gasteiger charge is -2.34. The van der Waals surface area contributed by atoms with E-state index in [1.54, 1.807) is 6.92 Å². The number of carbonyl (C=O) groups is 1. The highest BCUT2D eigenvalue weighted by atomic mass is 16.5. The Morgan fingerprint density at radius 2 is 1.73 bits per heavy atom. The fourth-order valence-corrected chi connectivity index (χ4v) is 5.63. The summed E-state index contributed by atoms with van der Waals surface area (Å²) in [4.78, 5) is 22.7. The number of hydrogen-bond donors (Lipinski definition) is 0. The largest absolute Gasteiger partial charge is 0.462 e. The minimum absolute atomic E-state index is 0.284. The van der Waals surface area contributed by atoms with Crippen LogP contribution in [0.15, 0.2) is 17.3 Å². The van der Waals surface area contributed by atoms with Crippen LogP contribution in [0.4, 0.5) is 0 Å². The average molecular weight is 464 g/mol. The van der Waals surface area contributed by atoms with E-state index in [4.69, 9.17) is 4.74 Å². The third-order valence-corrected chi connectivity index (χ3v) is 8.15. The molecule has 0 heterocycles. The first-order valence-corrected chi connectivity index (χ1v) is 13.9. The number of nitroso groups, excluding NO2 is 1. The first kappa shape index (κ1) is 29.8. The number of nitrogens with zero attached hydrogens (tertiary/aromatic N) is 1. The fraction of sp³-hybridized carbons (Fsp3) is 0.897. The van der Waals surface area contributed by atoms with Gasteiger partial charge in [-0.15, -0.1) is 0 Å². The zero-order valence-corrected chi connectivity index (χ0v) is 22.4. The molecule has 0 spiro atoms. The Hall–Kier alpha value is -1.19. The van der Waals surface area contributed by atoms with Crippen molar-refractivity contribution in [1.82, 2.24) is 0 Å². The zero-order valence-electron chi connectivity index (χ0n) is 22.4. The highest BCUT2D eigenvalue weighted by molar-refractivity contribution is 5.86. The van der Waals surface area contributed by atoms with Crippen molar-refractivity contribution in [3.8, 4) is 0 Å². The molecule has 0 radical (unpaired) electrons. The quantitative estimate of drug-likeness (QED) is 0.0883. The van der Waals surface area contributed by atoms with Crippen LogP contribution in [0.1, 0.15) is 118 Å². The highest BCUT2D eigenvalue weighted by Gasteiger charge is 2.28. The van der Waals surface area contributed by atoms with Gasteiger partial charge in [-0.25, -0.2) is 4.79 Å². The molecule has 0 saturated heterocycles. The molecule has 0 bridgehead atoms. The van der Waals surface area contributed by atoms with Crippen LogP contribution in [-0.2, 0) is 9.53 Å². The van der Waals surface area contributed by atoms with Gasteiger partial charge in [0.1, 0.15) is 0 Å². The molecule has 4 heteroatoms. The van der Waals surface area contributed by atoms with E-state index in [9.17, 15) is 9.70 Å². The van der Waals surface area contributed by atoms with E-state index in [1.165, 1.54) is 64.2 Å². The molecule has 0 amide bonds. The van der Waals surface area contributed by atoms with E-state index in [2.05, 4.69) is 39.5 Å². The number of rotatable bonds is 18. The Balaban J connectivity index is 2.48. The molecule has 0 N–H and O–H groups in total. The molecule has 1 aliphatic rings. The standard InChI is InChI=1S/C29H53NO3/c1-7-9-10-11-23(5)12-13-24(6)28-16-14-26(15-17-28)19-27(18-25(8-2)20-30-32)21-33-29(31)22(3)4/h23-28H,3,7-21H2,1-2,4-6H3. The maximum Gasteiger partial charge on any atom is 0.333 e. The monoisotopic (exact) mass is 463 g/mol. The molecule has 0 aliphatic heterocycles. The van der Waals surface area contributed by atoms with Gasteiger partial charge in [0, 0.05) is 5.57 Å². The molecule has 0 aromatic heterocycles. The van der Waals surface area contributed by atoms with Crippen LogP contribution in [0, 0.1) is 40.4 Å². The molecule has 0 aromatic rings. The molecule has 0 aromatic carbocycles. The van der Waals surface area contributed by atoms with Gasteiger partial charge >= 0.3 is 5.97 Å². The van der Waals surface area contributed by atoms with Gasteiger partial charge in [-0.05, 0) is 68.1 Å². The molecule has 192 valence electrons. The Labute approximate surface area is 204 Å². The van der Waals surface area contributed by atoms with Gasteiger partial charge < -0.3 is 4.74 Å². The van der Waals surface area contributed by atoms with Crippen molar-refractivity contribution in [1.29, 1.82) is 0 Å². The van der Waals surface area contributed by atoms with Crippen LogP contribution in [-0.4, -0.2) is 19.1 Å². The van der Waals surface area contributed by atoms with E-state index in [-0.39, 0.29) is 11.9 Å². The Bertz CT molecular complexity index is 553. The predicted molar refractivity (Wildman–Crippen MR) is 140 cm³/mol.